The van der Waals surface area contributed by atoms with Gasteiger partial charge < -0.3 is 4.74 Å². The van der Waals surface area contributed by atoms with Crippen molar-refractivity contribution in [3.8, 4) is 11.8 Å². The highest BCUT2D eigenvalue weighted by molar-refractivity contribution is 5.38. The molecular formula is C17H24N2O. The maximum atomic E-state index is 9.12. The van der Waals surface area contributed by atoms with E-state index in [2.05, 4.69) is 38.2 Å². The maximum absolute atomic E-state index is 9.12. The molecule has 0 radical (unpaired) electrons. The molecule has 0 heterocycles. The van der Waals surface area contributed by atoms with E-state index in [-0.39, 0.29) is 11.5 Å². The fraction of sp³-hybridized carbons (Fsp3) is 0.588. The van der Waals surface area contributed by atoms with E-state index in [0.29, 0.717) is 12.6 Å². The number of rotatable bonds is 6. The number of nitrogens with one attached hydrogen (secondary N) is 1. The predicted molar refractivity (Wildman–Crippen MR) is 80.8 cm³/mol. The molecule has 0 bridgehead atoms. The lowest BCUT2D eigenvalue weighted by molar-refractivity contribution is 0.290. The first-order chi connectivity index (χ1) is 9.50. The summed E-state index contributed by atoms with van der Waals surface area (Å²) in [7, 11) is 0. The van der Waals surface area contributed by atoms with E-state index in [1.165, 1.54) is 18.4 Å². The third kappa shape index (κ3) is 4.25. The molecule has 1 fully saturated rings. The van der Waals surface area contributed by atoms with Gasteiger partial charge >= 0.3 is 0 Å². The van der Waals surface area contributed by atoms with E-state index in [1.54, 1.807) is 0 Å². The molecule has 1 aromatic rings. The molecule has 108 valence electrons. The molecule has 3 nitrogen and oxygen atoms in total. The number of nitriles is 1. The zero-order valence-electron chi connectivity index (χ0n) is 12.6. The minimum absolute atomic E-state index is 0.0670. The summed E-state index contributed by atoms with van der Waals surface area (Å²) in [5.74, 6) is 0.933. The molecule has 0 aromatic heterocycles. The molecular weight excluding hydrogens is 248 g/mol. The van der Waals surface area contributed by atoms with Crippen molar-refractivity contribution in [3.63, 3.8) is 0 Å². The summed E-state index contributed by atoms with van der Waals surface area (Å²) >= 11 is 0. The molecule has 1 aliphatic rings. The van der Waals surface area contributed by atoms with Crippen LogP contribution in [-0.4, -0.2) is 18.7 Å². The second-order valence-electron chi connectivity index (χ2n) is 6.51. The van der Waals surface area contributed by atoms with Crippen molar-refractivity contribution in [3.05, 3.63) is 29.8 Å². The van der Waals surface area contributed by atoms with Crippen molar-refractivity contribution in [1.29, 1.82) is 5.26 Å². The Balaban J connectivity index is 1.89. The van der Waals surface area contributed by atoms with Gasteiger partial charge in [-0.05, 0) is 29.9 Å². The van der Waals surface area contributed by atoms with Crippen LogP contribution < -0.4 is 10.1 Å². The van der Waals surface area contributed by atoms with Crippen LogP contribution in [0.2, 0.25) is 0 Å². The average Bonchev–Trinajstić information content (AvgIpc) is 3.21. The number of benzene rings is 1. The standard InChI is InChI=1S/C17H24N2O/c1-17(2,3)15-6-4-5-7-16(15)20-11-10-14(12-18)19-13-8-9-13/h4-7,13-14,19H,8-11H2,1-3H3. The summed E-state index contributed by atoms with van der Waals surface area (Å²) in [6.07, 6.45) is 3.13. The largest absolute Gasteiger partial charge is 0.493 e. The minimum Gasteiger partial charge on any atom is -0.493 e. The molecule has 0 spiro atoms. The van der Waals surface area contributed by atoms with Crippen LogP contribution >= 0.6 is 0 Å². The number of para-hydroxylation sites is 1. The van der Waals surface area contributed by atoms with Crippen LogP contribution in [0.3, 0.4) is 0 Å². The fourth-order valence-electron chi connectivity index (χ4n) is 2.22. The van der Waals surface area contributed by atoms with E-state index in [9.17, 15) is 0 Å². The van der Waals surface area contributed by atoms with Crippen molar-refractivity contribution in [2.24, 2.45) is 0 Å². The molecule has 1 N–H and O–H groups in total. The average molecular weight is 272 g/mol. The number of hydrogen-bond donors (Lipinski definition) is 1. The molecule has 20 heavy (non-hydrogen) atoms. The van der Waals surface area contributed by atoms with E-state index >= 15 is 0 Å². The van der Waals surface area contributed by atoms with Gasteiger partial charge in [0.1, 0.15) is 5.75 Å². The normalized spacial score (nSPS) is 16.5. The van der Waals surface area contributed by atoms with Crippen LogP contribution in [0.4, 0.5) is 0 Å². The number of hydrogen-bond acceptors (Lipinski definition) is 3. The van der Waals surface area contributed by atoms with Crippen molar-refractivity contribution in [2.45, 2.75) is 57.5 Å². The van der Waals surface area contributed by atoms with Gasteiger partial charge in [-0.15, -0.1) is 0 Å². The summed E-state index contributed by atoms with van der Waals surface area (Å²) in [5, 5.41) is 12.4. The molecule has 3 heteroatoms. The Hall–Kier alpha value is -1.53. The van der Waals surface area contributed by atoms with Gasteiger partial charge in [0.2, 0.25) is 0 Å². The summed E-state index contributed by atoms with van der Waals surface area (Å²) in [6.45, 7) is 7.12. The lowest BCUT2D eigenvalue weighted by Gasteiger charge is -2.23. The van der Waals surface area contributed by atoms with Gasteiger partial charge in [0, 0.05) is 12.5 Å². The van der Waals surface area contributed by atoms with Gasteiger partial charge in [-0.1, -0.05) is 39.0 Å². The molecule has 2 rings (SSSR count). The molecule has 0 saturated heterocycles. The molecule has 1 saturated carbocycles. The highest BCUT2D eigenvalue weighted by atomic mass is 16.5. The Morgan fingerprint density at radius 3 is 2.65 bits per heavy atom. The number of nitrogens with zero attached hydrogens (tertiary/aromatic N) is 1. The van der Waals surface area contributed by atoms with Crippen LogP contribution in [0.5, 0.6) is 5.75 Å². The molecule has 0 amide bonds. The summed E-state index contributed by atoms with van der Waals surface area (Å²) in [5.41, 5.74) is 1.28. The van der Waals surface area contributed by atoms with E-state index < -0.39 is 0 Å². The molecule has 1 aromatic carbocycles. The second-order valence-corrected chi connectivity index (χ2v) is 6.51. The summed E-state index contributed by atoms with van der Waals surface area (Å²) in [6, 6.07) is 10.9. The van der Waals surface area contributed by atoms with Gasteiger partial charge in [-0.2, -0.15) is 5.26 Å². The van der Waals surface area contributed by atoms with Gasteiger partial charge in [-0.3, -0.25) is 5.32 Å². The van der Waals surface area contributed by atoms with Crippen LogP contribution in [-0.2, 0) is 5.41 Å². The van der Waals surface area contributed by atoms with Crippen molar-refractivity contribution in [2.75, 3.05) is 6.61 Å². The first-order valence-corrected chi connectivity index (χ1v) is 7.38. The molecule has 1 aliphatic carbocycles. The van der Waals surface area contributed by atoms with E-state index in [1.807, 2.05) is 18.2 Å². The zero-order valence-corrected chi connectivity index (χ0v) is 12.6. The summed E-state index contributed by atoms with van der Waals surface area (Å²) in [4.78, 5) is 0. The highest BCUT2D eigenvalue weighted by Crippen LogP contribution is 2.31. The van der Waals surface area contributed by atoms with Crippen LogP contribution in [0, 0.1) is 11.3 Å². The van der Waals surface area contributed by atoms with Crippen LogP contribution in [0.15, 0.2) is 24.3 Å². The molecule has 0 aliphatic heterocycles. The molecule has 1 atom stereocenters. The summed E-state index contributed by atoms with van der Waals surface area (Å²) < 4.78 is 5.91. The second kappa shape index (κ2) is 6.28. The fourth-order valence-corrected chi connectivity index (χ4v) is 2.22. The lowest BCUT2D eigenvalue weighted by atomic mass is 9.86. The molecule has 1 unspecified atom stereocenters. The number of ether oxygens (including phenoxy) is 1. The Morgan fingerprint density at radius 1 is 1.35 bits per heavy atom. The van der Waals surface area contributed by atoms with Gasteiger partial charge in [-0.25, -0.2) is 0 Å². The Kier molecular flexibility index (Phi) is 4.67. The van der Waals surface area contributed by atoms with Crippen LogP contribution in [0.1, 0.15) is 45.6 Å². The first-order valence-electron chi connectivity index (χ1n) is 7.38. The quantitative estimate of drug-likeness (QED) is 0.863. The van der Waals surface area contributed by atoms with Crippen LogP contribution in [0.25, 0.3) is 0 Å². The van der Waals surface area contributed by atoms with Crippen molar-refractivity contribution < 1.29 is 4.74 Å². The first kappa shape index (κ1) is 14.9. The minimum atomic E-state index is -0.0932. The van der Waals surface area contributed by atoms with Gasteiger partial charge in [0.05, 0.1) is 18.7 Å². The highest BCUT2D eigenvalue weighted by Gasteiger charge is 2.24. The topological polar surface area (TPSA) is 45.0 Å². The Bertz CT molecular complexity index is 480. The zero-order chi connectivity index (χ0) is 14.6. The van der Waals surface area contributed by atoms with Gasteiger partial charge in [0.15, 0.2) is 0 Å². The van der Waals surface area contributed by atoms with Crippen molar-refractivity contribution >= 4 is 0 Å². The van der Waals surface area contributed by atoms with E-state index in [4.69, 9.17) is 10.00 Å². The van der Waals surface area contributed by atoms with Gasteiger partial charge in [0.25, 0.3) is 0 Å². The monoisotopic (exact) mass is 272 g/mol. The van der Waals surface area contributed by atoms with Crippen molar-refractivity contribution in [1.82, 2.24) is 5.32 Å². The Morgan fingerprint density at radius 2 is 2.05 bits per heavy atom. The smallest absolute Gasteiger partial charge is 0.123 e. The maximum Gasteiger partial charge on any atom is 0.123 e. The third-order valence-electron chi connectivity index (χ3n) is 3.53. The third-order valence-corrected chi connectivity index (χ3v) is 3.53. The Labute approximate surface area is 121 Å². The lowest BCUT2D eigenvalue weighted by Crippen LogP contribution is -2.31. The SMILES string of the molecule is CC(C)(C)c1ccccc1OCCC(C#N)NC1CC1. The van der Waals surface area contributed by atoms with E-state index in [0.717, 1.165) is 12.2 Å². The predicted octanol–water partition coefficient (Wildman–Crippen LogP) is 3.40.